The number of anilines is 1. The first-order valence-corrected chi connectivity index (χ1v) is 8.32. The Bertz CT molecular complexity index is 897. The molecule has 1 amide bonds. The van der Waals surface area contributed by atoms with Gasteiger partial charge in [0.1, 0.15) is 23.9 Å². The molecule has 0 saturated heterocycles. The second-order valence-corrected chi connectivity index (χ2v) is 6.03. The molecule has 0 radical (unpaired) electrons. The van der Waals surface area contributed by atoms with E-state index in [1.165, 1.54) is 0 Å². The minimum absolute atomic E-state index is 0.0918. The molecule has 0 aliphatic carbocycles. The van der Waals surface area contributed by atoms with E-state index in [2.05, 4.69) is 5.32 Å². The number of carbonyl (C=O) groups excluding carboxylic acids is 1. The van der Waals surface area contributed by atoms with Crippen molar-refractivity contribution in [2.24, 2.45) is 0 Å². The van der Waals surface area contributed by atoms with Gasteiger partial charge >= 0.3 is 0 Å². The van der Waals surface area contributed by atoms with Gasteiger partial charge in [0, 0.05) is 11.3 Å². The second kappa shape index (κ2) is 7.89. The first kappa shape index (κ1) is 17.8. The Kier molecular flexibility index (Phi) is 5.39. The first-order valence-electron chi connectivity index (χ1n) is 8.32. The summed E-state index contributed by atoms with van der Waals surface area (Å²) >= 11 is 0. The molecule has 0 spiro atoms. The lowest BCUT2D eigenvalue weighted by Crippen LogP contribution is -2.15. The number of aliphatic hydroxyl groups is 1. The highest BCUT2D eigenvalue weighted by Gasteiger charge is 2.10. The zero-order valence-electron chi connectivity index (χ0n) is 14.8. The first-order chi connectivity index (χ1) is 12.6. The number of rotatable bonds is 6. The van der Waals surface area contributed by atoms with Gasteiger partial charge in [0.2, 0.25) is 5.91 Å². The van der Waals surface area contributed by atoms with Crippen molar-refractivity contribution in [2.45, 2.75) is 20.0 Å². The number of aryl methyl sites for hydroxylation is 1. The number of methoxy groups -OCH3 is 1. The van der Waals surface area contributed by atoms with Gasteiger partial charge in [0.05, 0.1) is 13.5 Å². The summed E-state index contributed by atoms with van der Waals surface area (Å²) in [5, 5.41) is 12.1. The molecule has 0 aliphatic heterocycles. The Morgan fingerprint density at radius 2 is 1.88 bits per heavy atom. The van der Waals surface area contributed by atoms with E-state index in [1.54, 1.807) is 19.2 Å². The van der Waals surface area contributed by atoms with Gasteiger partial charge < -0.3 is 19.6 Å². The number of ether oxygens (including phenoxy) is 1. The predicted octanol–water partition coefficient (Wildman–Crippen LogP) is 3.94. The largest absolute Gasteiger partial charge is 0.497 e. The van der Waals surface area contributed by atoms with Crippen LogP contribution in [0.25, 0.3) is 11.3 Å². The Labute approximate surface area is 152 Å². The summed E-state index contributed by atoms with van der Waals surface area (Å²) in [6.45, 7) is 1.80. The minimum atomic E-state index is -0.142. The van der Waals surface area contributed by atoms with E-state index in [4.69, 9.17) is 14.3 Å². The summed E-state index contributed by atoms with van der Waals surface area (Å²) in [7, 11) is 1.61. The highest BCUT2D eigenvalue weighted by molar-refractivity contribution is 5.93. The zero-order valence-corrected chi connectivity index (χ0v) is 14.8. The Balaban J connectivity index is 1.73. The quantitative estimate of drug-likeness (QED) is 0.706. The molecule has 5 heteroatoms. The number of amides is 1. The summed E-state index contributed by atoms with van der Waals surface area (Å²) in [6.07, 6.45) is 0.281. The molecule has 0 saturated carbocycles. The Morgan fingerprint density at radius 3 is 2.54 bits per heavy atom. The van der Waals surface area contributed by atoms with E-state index in [0.29, 0.717) is 11.5 Å². The Hall–Kier alpha value is -3.05. The van der Waals surface area contributed by atoms with Crippen LogP contribution in [0.15, 0.2) is 59.0 Å². The van der Waals surface area contributed by atoms with Crippen LogP contribution in [0.5, 0.6) is 5.75 Å². The van der Waals surface area contributed by atoms with Crippen molar-refractivity contribution in [3.8, 4) is 17.1 Å². The molecule has 0 fully saturated rings. The third-order valence-electron chi connectivity index (χ3n) is 4.14. The van der Waals surface area contributed by atoms with Crippen LogP contribution in [0.2, 0.25) is 0 Å². The number of nitrogens with one attached hydrogen (secondary N) is 1. The third kappa shape index (κ3) is 4.13. The fraction of sp³-hybridized carbons (Fsp3) is 0.190. The molecule has 3 aromatic rings. The molecule has 5 nitrogen and oxygen atoms in total. The number of hydrogen-bond donors (Lipinski definition) is 2. The van der Waals surface area contributed by atoms with Crippen LogP contribution in [0.4, 0.5) is 5.69 Å². The SMILES string of the molecule is COc1ccc(CC(=O)Nc2cc(-c3ccc(CO)o3)ccc2C)cc1. The van der Waals surface area contributed by atoms with Gasteiger partial charge in [-0.25, -0.2) is 0 Å². The number of carbonyl (C=O) groups is 1. The third-order valence-corrected chi connectivity index (χ3v) is 4.14. The summed E-state index contributed by atoms with van der Waals surface area (Å²) in [6, 6.07) is 16.7. The molecular weight excluding hydrogens is 330 g/mol. The monoisotopic (exact) mass is 351 g/mol. The summed E-state index contributed by atoms with van der Waals surface area (Å²) < 4.78 is 10.7. The van der Waals surface area contributed by atoms with Crippen molar-refractivity contribution in [1.82, 2.24) is 0 Å². The summed E-state index contributed by atoms with van der Waals surface area (Å²) in [5.41, 5.74) is 3.46. The standard InChI is InChI=1S/C21H21NO4/c1-14-3-6-16(20-10-9-18(13-23)26-20)12-19(14)22-21(24)11-15-4-7-17(25-2)8-5-15/h3-10,12,23H,11,13H2,1-2H3,(H,22,24). The van der Waals surface area contributed by atoms with Gasteiger partial charge in [-0.1, -0.05) is 24.3 Å². The molecular formula is C21H21NO4. The van der Waals surface area contributed by atoms with Crippen molar-refractivity contribution < 1.29 is 19.1 Å². The lowest BCUT2D eigenvalue weighted by Gasteiger charge is -2.10. The van der Waals surface area contributed by atoms with E-state index in [0.717, 1.165) is 28.1 Å². The summed E-state index contributed by atoms with van der Waals surface area (Å²) in [5.74, 6) is 1.83. The molecule has 1 aromatic heterocycles. The van der Waals surface area contributed by atoms with Crippen LogP contribution in [-0.2, 0) is 17.8 Å². The number of benzene rings is 2. The van der Waals surface area contributed by atoms with E-state index >= 15 is 0 Å². The zero-order chi connectivity index (χ0) is 18.5. The van der Waals surface area contributed by atoms with Gasteiger partial charge in [-0.15, -0.1) is 0 Å². The van der Waals surface area contributed by atoms with E-state index in [-0.39, 0.29) is 18.9 Å². The highest BCUT2D eigenvalue weighted by Crippen LogP contribution is 2.27. The smallest absolute Gasteiger partial charge is 0.228 e. The Morgan fingerprint density at radius 1 is 1.12 bits per heavy atom. The van der Waals surface area contributed by atoms with Gasteiger partial charge in [0.15, 0.2) is 0 Å². The fourth-order valence-electron chi connectivity index (χ4n) is 2.65. The molecule has 3 rings (SSSR count). The average Bonchev–Trinajstić information content (AvgIpc) is 3.13. The molecule has 2 aromatic carbocycles. The number of aliphatic hydroxyl groups excluding tert-OH is 1. The maximum atomic E-state index is 12.4. The molecule has 26 heavy (non-hydrogen) atoms. The maximum Gasteiger partial charge on any atom is 0.228 e. The highest BCUT2D eigenvalue weighted by atomic mass is 16.5. The molecule has 1 heterocycles. The summed E-state index contributed by atoms with van der Waals surface area (Å²) in [4.78, 5) is 12.4. The molecule has 0 atom stereocenters. The lowest BCUT2D eigenvalue weighted by atomic mass is 10.1. The predicted molar refractivity (Wildman–Crippen MR) is 100 cm³/mol. The van der Waals surface area contributed by atoms with Gasteiger partial charge in [0.25, 0.3) is 0 Å². The van der Waals surface area contributed by atoms with Crippen molar-refractivity contribution in [3.05, 3.63) is 71.5 Å². The van der Waals surface area contributed by atoms with Crippen LogP contribution in [0.3, 0.4) is 0 Å². The van der Waals surface area contributed by atoms with Crippen LogP contribution in [-0.4, -0.2) is 18.1 Å². The maximum absolute atomic E-state index is 12.4. The fourth-order valence-corrected chi connectivity index (χ4v) is 2.65. The molecule has 134 valence electrons. The normalized spacial score (nSPS) is 10.6. The van der Waals surface area contributed by atoms with Crippen molar-refractivity contribution in [2.75, 3.05) is 12.4 Å². The van der Waals surface area contributed by atoms with E-state index < -0.39 is 0 Å². The average molecular weight is 351 g/mol. The second-order valence-electron chi connectivity index (χ2n) is 6.03. The van der Waals surface area contributed by atoms with Crippen molar-refractivity contribution in [3.63, 3.8) is 0 Å². The van der Waals surface area contributed by atoms with Crippen molar-refractivity contribution >= 4 is 11.6 Å². The molecule has 0 bridgehead atoms. The number of hydrogen-bond acceptors (Lipinski definition) is 4. The number of furan rings is 1. The van der Waals surface area contributed by atoms with Gasteiger partial charge in [-0.2, -0.15) is 0 Å². The molecule has 0 unspecified atom stereocenters. The van der Waals surface area contributed by atoms with Crippen LogP contribution >= 0.6 is 0 Å². The van der Waals surface area contributed by atoms with Crippen LogP contribution in [0, 0.1) is 6.92 Å². The molecule has 0 aliphatic rings. The minimum Gasteiger partial charge on any atom is -0.497 e. The van der Waals surface area contributed by atoms with Crippen LogP contribution in [0.1, 0.15) is 16.9 Å². The van der Waals surface area contributed by atoms with E-state index in [1.807, 2.05) is 49.4 Å². The van der Waals surface area contributed by atoms with Gasteiger partial charge in [-0.05, 0) is 48.4 Å². The van der Waals surface area contributed by atoms with Gasteiger partial charge in [-0.3, -0.25) is 4.79 Å². The van der Waals surface area contributed by atoms with Crippen molar-refractivity contribution in [1.29, 1.82) is 0 Å². The lowest BCUT2D eigenvalue weighted by molar-refractivity contribution is -0.115. The van der Waals surface area contributed by atoms with E-state index in [9.17, 15) is 4.79 Å². The van der Waals surface area contributed by atoms with Crippen LogP contribution < -0.4 is 10.1 Å². The topological polar surface area (TPSA) is 71.7 Å². The molecule has 2 N–H and O–H groups in total.